The highest BCUT2D eigenvalue weighted by atomic mass is 32.1. The zero-order valence-electron chi connectivity index (χ0n) is 14.8. The van der Waals surface area contributed by atoms with Crippen molar-refractivity contribution in [1.82, 2.24) is 0 Å². The first-order valence-electron chi connectivity index (χ1n) is 9.16. The lowest BCUT2D eigenvalue weighted by atomic mass is 9.87. The molecular weight excluding hydrogens is 292 g/mol. The van der Waals surface area contributed by atoms with E-state index in [1.807, 2.05) is 0 Å². The Labute approximate surface area is 142 Å². The summed E-state index contributed by atoms with van der Waals surface area (Å²) in [5.74, 6) is -0.464. The van der Waals surface area contributed by atoms with Gasteiger partial charge in [0.05, 0.1) is 0 Å². The number of carbonyl (C=O) groups is 2. The molecular formula is C19H34O2S. The average molecular weight is 327 g/mol. The zero-order chi connectivity index (χ0) is 16.8. The fourth-order valence-electron chi connectivity index (χ4n) is 2.62. The van der Waals surface area contributed by atoms with Gasteiger partial charge in [0, 0.05) is 17.7 Å². The molecule has 3 heteroatoms. The van der Waals surface area contributed by atoms with Crippen LogP contribution in [0.15, 0.2) is 0 Å². The molecule has 0 atom stereocenters. The number of carbonyl (C=O) groups excluding carboxylic acids is 2. The number of Topliss-reactive ketones (excluding diaryl/α,β-unsaturated/α-hetero) is 2. The molecule has 128 valence electrons. The Morgan fingerprint density at radius 1 is 0.682 bits per heavy atom. The highest BCUT2D eigenvalue weighted by molar-refractivity contribution is 7.80. The number of thiocarbonyl (C=S) groups is 1. The quantitative estimate of drug-likeness (QED) is 0.215. The summed E-state index contributed by atoms with van der Waals surface area (Å²) >= 11 is 5.46. The number of ketones is 2. The summed E-state index contributed by atoms with van der Waals surface area (Å²) in [5.41, 5.74) is 0. The molecule has 0 saturated carbocycles. The van der Waals surface area contributed by atoms with Gasteiger partial charge in [0.2, 0.25) is 0 Å². The smallest absolute Gasteiger partial charge is 0.148 e. The van der Waals surface area contributed by atoms with Crippen molar-refractivity contribution in [3.8, 4) is 0 Å². The van der Waals surface area contributed by atoms with Crippen LogP contribution in [0.5, 0.6) is 0 Å². The van der Waals surface area contributed by atoms with Crippen molar-refractivity contribution in [2.75, 3.05) is 0 Å². The van der Waals surface area contributed by atoms with Gasteiger partial charge in [0.1, 0.15) is 17.5 Å². The van der Waals surface area contributed by atoms with Gasteiger partial charge in [-0.1, -0.05) is 71.5 Å². The first-order chi connectivity index (χ1) is 10.6. The van der Waals surface area contributed by atoms with Gasteiger partial charge < -0.3 is 0 Å². The van der Waals surface area contributed by atoms with E-state index in [1.165, 1.54) is 0 Å². The largest absolute Gasteiger partial charge is 0.299 e. The lowest BCUT2D eigenvalue weighted by Crippen LogP contribution is -2.31. The third kappa shape index (κ3) is 9.45. The molecule has 0 fully saturated rings. The minimum Gasteiger partial charge on any atom is -0.299 e. The Morgan fingerprint density at radius 2 is 1.05 bits per heavy atom. The molecule has 22 heavy (non-hydrogen) atoms. The molecule has 0 N–H and O–H groups in total. The van der Waals surface area contributed by atoms with E-state index >= 15 is 0 Å². The molecule has 0 bridgehead atoms. The third-order valence-corrected chi connectivity index (χ3v) is 4.49. The SMILES string of the molecule is CCCCCC(=O)C(C(=O)CCCCC)C(=S)CCCCC. The van der Waals surface area contributed by atoms with Crippen LogP contribution < -0.4 is 0 Å². The van der Waals surface area contributed by atoms with Crippen LogP contribution in [0.3, 0.4) is 0 Å². The van der Waals surface area contributed by atoms with Crippen molar-refractivity contribution in [3.05, 3.63) is 0 Å². The maximum absolute atomic E-state index is 12.5. The first-order valence-corrected chi connectivity index (χ1v) is 9.57. The van der Waals surface area contributed by atoms with Crippen molar-refractivity contribution in [2.24, 2.45) is 5.92 Å². The van der Waals surface area contributed by atoms with Gasteiger partial charge in [-0.2, -0.15) is 0 Å². The van der Waals surface area contributed by atoms with Crippen LogP contribution in [-0.4, -0.2) is 16.4 Å². The molecule has 0 heterocycles. The maximum Gasteiger partial charge on any atom is 0.148 e. The normalized spacial score (nSPS) is 10.9. The van der Waals surface area contributed by atoms with Crippen molar-refractivity contribution < 1.29 is 9.59 Å². The van der Waals surface area contributed by atoms with Crippen molar-refractivity contribution >= 4 is 28.6 Å². The van der Waals surface area contributed by atoms with Crippen LogP contribution in [0, 0.1) is 5.92 Å². The molecule has 0 aromatic carbocycles. The molecule has 0 spiro atoms. The summed E-state index contributed by atoms with van der Waals surface area (Å²) in [6, 6.07) is 0. The third-order valence-electron chi connectivity index (χ3n) is 4.05. The lowest BCUT2D eigenvalue weighted by molar-refractivity contribution is -0.130. The second kappa shape index (κ2) is 14.0. The van der Waals surface area contributed by atoms with Crippen LogP contribution in [0.1, 0.15) is 97.8 Å². The molecule has 0 unspecified atom stereocenters. The van der Waals surface area contributed by atoms with Crippen molar-refractivity contribution in [3.63, 3.8) is 0 Å². The summed E-state index contributed by atoms with van der Waals surface area (Å²) in [7, 11) is 0. The van der Waals surface area contributed by atoms with Gasteiger partial charge in [-0.25, -0.2) is 0 Å². The maximum atomic E-state index is 12.5. The Balaban J connectivity index is 4.62. The standard InChI is InChI=1S/C19H34O2S/c1-4-7-10-13-16(20)19(17(21)14-11-8-5-2)18(22)15-12-9-6-3/h19H,4-15H2,1-3H3. The van der Waals surface area contributed by atoms with Crippen molar-refractivity contribution in [1.29, 1.82) is 0 Å². The van der Waals surface area contributed by atoms with Crippen LogP contribution in [-0.2, 0) is 9.59 Å². The van der Waals surface area contributed by atoms with E-state index < -0.39 is 5.92 Å². The number of hydrogen-bond donors (Lipinski definition) is 0. The minimum atomic E-state index is -0.597. The summed E-state index contributed by atoms with van der Waals surface area (Å²) in [6.45, 7) is 6.38. The van der Waals surface area contributed by atoms with E-state index in [1.54, 1.807) is 0 Å². The Hall–Kier alpha value is -0.570. The fourth-order valence-corrected chi connectivity index (χ4v) is 3.03. The van der Waals surface area contributed by atoms with Gasteiger partial charge in [0.25, 0.3) is 0 Å². The van der Waals surface area contributed by atoms with E-state index in [0.29, 0.717) is 17.7 Å². The Kier molecular flexibility index (Phi) is 13.7. The summed E-state index contributed by atoms with van der Waals surface area (Å²) in [5, 5.41) is 0. The van der Waals surface area contributed by atoms with E-state index in [9.17, 15) is 9.59 Å². The summed E-state index contributed by atoms with van der Waals surface area (Å²) in [6.07, 6.45) is 11.0. The molecule has 0 radical (unpaired) electrons. The molecule has 0 aromatic rings. The molecule has 2 nitrogen and oxygen atoms in total. The van der Waals surface area contributed by atoms with E-state index in [0.717, 1.165) is 64.2 Å². The summed E-state index contributed by atoms with van der Waals surface area (Å²) < 4.78 is 0. The molecule has 0 aliphatic heterocycles. The minimum absolute atomic E-state index is 0.0662. The second-order valence-corrected chi connectivity index (χ2v) is 6.73. The highest BCUT2D eigenvalue weighted by Crippen LogP contribution is 2.18. The lowest BCUT2D eigenvalue weighted by Gasteiger charge is -2.16. The van der Waals surface area contributed by atoms with E-state index in [2.05, 4.69) is 20.8 Å². The van der Waals surface area contributed by atoms with Crippen molar-refractivity contribution in [2.45, 2.75) is 97.8 Å². The second-order valence-electron chi connectivity index (χ2n) is 6.20. The van der Waals surface area contributed by atoms with Gasteiger partial charge in [0.15, 0.2) is 0 Å². The van der Waals surface area contributed by atoms with Gasteiger partial charge in [-0.3, -0.25) is 9.59 Å². The number of unbranched alkanes of at least 4 members (excludes halogenated alkanes) is 6. The van der Waals surface area contributed by atoms with Crippen LogP contribution in [0.25, 0.3) is 0 Å². The van der Waals surface area contributed by atoms with Gasteiger partial charge >= 0.3 is 0 Å². The fraction of sp³-hybridized carbons (Fsp3) is 0.842. The predicted molar refractivity (Wildman–Crippen MR) is 98.5 cm³/mol. The van der Waals surface area contributed by atoms with Crippen LogP contribution in [0.2, 0.25) is 0 Å². The number of rotatable bonds is 15. The highest BCUT2D eigenvalue weighted by Gasteiger charge is 2.28. The van der Waals surface area contributed by atoms with Crippen LogP contribution >= 0.6 is 12.2 Å². The summed E-state index contributed by atoms with van der Waals surface area (Å²) in [4.78, 5) is 25.6. The topological polar surface area (TPSA) is 34.1 Å². The molecule has 0 aliphatic rings. The molecule has 0 aromatic heterocycles. The Morgan fingerprint density at radius 3 is 1.41 bits per heavy atom. The monoisotopic (exact) mass is 326 g/mol. The first kappa shape index (κ1) is 21.4. The predicted octanol–water partition coefficient (Wildman–Crippen LogP) is 5.85. The zero-order valence-corrected chi connectivity index (χ0v) is 15.6. The molecule has 0 amide bonds. The van der Waals surface area contributed by atoms with E-state index in [-0.39, 0.29) is 11.6 Å². The average Bonchev–Trinajstić information content (AvgIpc) is 2.48. The van der Waals surface area contributed by atoms with Gasteiger partial charge in [-0.15, -0.1) is 0 Å². The molecule has 0 aliphatic carbocycles. The van der Waals surface area contributed by atoms with E-state index in [4.69, 9.17) is 12.2 Å². The number of hydrogen-bond acceptors (Lipinski definition) is 3. The van der Waals surface area contributed by atoms with Crippen LogP contribution in [0.4, 0.5) is 0 Å². The Bertz CT molecular complexity index is 284. The molecule has 0 saturated heterocycles. The molecule has 0 rings (SSSR count). The van der Waals surface area contributed by atoms with Gasteiger partial charge in [-0.05, 0) is 25.7 Å².